The van der Waals surface area contributed by atoms with Crippen molar-refractivity contribution in [2.24, 2.45) is 0 Å². The number of ether oxygens (including phenoxy) is 1. The van der Waals surface area contributed by atoms with Gasteiger partial charge in [-0.05, 0) is 31.9 Å². The van der Waals surface area contributed by atoms with Crippen LogP contribution in [0.3, 0.4) is 0 Å². The van der Waals surface area contributed by atoms with E-state index in [1.54, 1.807) is 7.11 Å². The van der Waals surface area contributed by atoms with Crippen LogP contribution < -0.4 is 10.1 Å². The van der Waals surface area contributed by atoms with Gasteiger partial charge in [0.25, 0.3) is 0 Å². The molecule has 0 heterocycles. The lowest BCUT2D eigenvalue weighted by Gasteiger charge is -2.16. The Morgan fingerprint density at radius 2 is 2.00 bits per heavy atom. The van der Waals surface area contributed by atoms with E-state index < -0.39 is 12.6 Å². The van der Waals surface area contributed by atoms with Crippen LogP contribution in [0.4, 0.5) is 18.9 Å². The summed E-state index contributed by atoms with van der Waals surface area (Å²) in [7, 11) is 1.57. The minimum atomic E-state index is -4.07. The molecule has 0 aliphatic carbocycles. The summed E-state index contributed by atoms with van der Waals surface area (Å²) in [5.41, 5.74) is 0.825. The van der Waals surface area contributed by atoms with Crippen molar-refractivity contribution in [3.05, 3.63) is 22.7 Å². The zero-order chi connectivity index (χ0) is 14.5. The molecule has 1 rings (SSSR count). The number of methoxy groups -OCH3 is 1. The van der Waals surface area contributed by atoms with E-state index in [1.165, 1.54) is 0 Å². The minimum absolute atomic E-state index is 0.0265. The topological polar surface area (TPSA) is 21.3 Å². The molecule has 1 atom stereocenters. The normalized spacial score (nSPS) is 13.2. The summed E-state index contributed by atoms with van der Waals surface area (Å²) >= 11 is 3.35. The van der Waals surface area contributed by atoms with E-state index in [4.69, 9.17) is 4.74 Å². The fourth-order valence-corrected chi connectivity index (χ4v) is 2.20. The quantitative estimate of drug-likeness (QED) is 0.788. The third-order valence-corrected chi connectivity index (χ3v) is 3.08. The Morgan fingerprint density at radius 1 is 1.32 bits per heavy atom. The van der Waals surface area contributed by atoms with Gasteiger partial charge < -0.3 is 10.1 Å². The molecule has 0 aliphatic heterocycles. The van der Waals surface area contributed by atoms with Gasteiger partial charge in [-0.25, -0.2) is 0 Å². The van der Waals surface area contributed by atoms with Crippen molar-refractivity contribution in [1.82, 2.24) is 0 Å². The number of rotatable bonds is 6. The Balaban J connectivity index is 2.48. The molecular formula is C13H17BrF3NO. The van der Waals surface area contributed by atoms with Gasteiger partial charge in [0.2, 0.25) is 0 Å². The highest BCUT2D eigenvalue weighted by atomic mass is 79.9. The molecule has 6 heteroatoms. The van der Waals surface area contributed by atoms with Crippen molar-refractivity contribution >= 4 is 21.6 Å². The van der Waals surface area contributed by atoms with Gasteiger partial charge in [-0.3, -0.25) is 0 Å². The van der Waals surface area contributed by atoms with Gasteiger partial charge in [0.15, 0.2) is 0 Å². The summed E-state index contributed by atoms with van der Waals surface area (Å²) in [5, 5.41) is 3.17. The van der Waals surface area contributed by atoms with Gasteiger partial charge in [0.05, 0.1) is 7.11 Å². The van der Waals surface area contributed by atoms with E-state index >= 15 is 0 Å². The highest BCUT2D eigenvalue weighted by Crippen LogP contribution is 2.26. The van der Waals surface area contributed by atoms with Crippen molar-refractivity contribution in [2.45, 2.75) is 38.4 Å². The Labute approximate surface area is 119 Å². The van der Waals surface area contributed by atoms with Crippen molar-refractivity contribution in [3.8, 4) is 5.75 Å². The fourth-order valence-electron chi connectivity index (χ4n) is 1.73. The van der Waals surface area contributed by atoms with Gasteiger partial charge in [0.1, 0.15) is 5.75 Å². The van der Waals surface area contributed by atoms with Gasteiger partial charge in [-0.1, -0.05) is 15.9 Å². The third kappa shape index (κ3) is 6.71. The van der Waals surface area contributed by atoms with E-state index in [1.807, 2.05) is 25.1 Å². The van der Waals surface area contributed by atoms with Crippen molar-refractivity contribution < 1.29 is 17.9 Å². The summed E-state index contributed by atoms with van der Waals surface area (Å²) in [4.78, 5) is 0. The number of halogens is 4. The first-order chi connectivity index (χ1) is 8.80. The standard InChI is InChI=1S/C13H17BrF3NO/c1-9(4-3-5-13(15,16)17)18-11-6-10(14)7-12(8-11)19-2/h6-9,18H,3-5H2,1-2H3. The second-order valence-electron chi connectivity index (χ2n) is 4.43. The third-order valence-electron chi connectivity index (χ3n) is 2.62. The van der Waals surface area contributed by atoms with Crippen LogP contribution in [0.25, 0.3) is 0 Å². The number of hydrogen-bond donors (Lipinski definition) is 1. The molecule has 0 aliphatic rings. The molecule has 0 fully saturated rings. The van der Waals surface area contributed by atoms with E-state index in [0.29, 0.717) is 12.2 Å². The number of hydrogen-bond acceptors (Lipinski definition) is 2. The molecule has 0 saturated heterocycles. The van der Waals surface area contributed by atoms with Crippen LogP contribution in [0.15, 0.2) is 22.7 Å². The number of nitrogens with one attached hydrogen (secondary N) is 1. The first kappa shape index (κ1) is 16.1. The average Bonchev–Trinajstić information content (AvgIpc) is 2.26. The molecule has 19 heavy (non-hydrogen) atoms. The lowest BCUT2D eigenvalue weighted by Crippen LogP contribution is -2.16. The van der Waals surface area contributed by atoms with Crippen LogP contribution >= 0.6 is 15.9 Å². The van der Waals surface area contributed by atoms with Crippen molar-refractivity contribution in [1.29, 1.82) is 0 Å². The van der Waals surface area contributed by atoms with Crippen LogP contribution in [-0.4, -0.2) is 19.3 Å². The van der Waals surface area contributed by atoms with Crippen molar-refractivity contribution in [2.75, 3.05) is 12.4 Å². The maximum absolute atomic E-state index is 12.0. The molecule has 108 valence electrons. The minimum Gasteiger partial charge on any atom is -0.497 e. The van der Waals surface area contributed by atoms with Crippen LogP contribution in [0.5, 0.6) is 5.75 Å². The fraction of sp³-hybridized carbons (Fsp3) is 0.538. The molecule has 1 unspecified atom stereocenters. The number of benzene rings is 1. The smallest absolute Gasteiger partial charge is 0.389 e. The summed E-state index contributed by atoms with van der Waals surface area (Å²) in [6.07, 6.45) is -4.21. The zero-order valence-electron chi connectivity index (χ0n) is 10.9. The van der Waals surface area contributed by atoms with E-state index in [2.05, 4.69) is 21.2 Å². The summed E-state index contributed by atoms with van der Waals surface area (Å²) in [5.74, 6) is 0.694. The molecule has 1 aromatic rings. The monoisotopic (exact) mass is 339 g/mol. The average molecular weight is 340 g/mol. The Kier molecular flexibility index (Phi) is 5.97. The Hall–Kier alpha value is -0.910. The molecule has 0 aromatic heterocycles. The van der Waals surface area contributed by atoms with Crippen LogP contribution in [0.1, 0.15) is 26.2 Å². The summed E-state index contributed by atoms with van der Waals surface area (Å²) in [6, 6.07) is 5.47. The summed E-state index contributed by atoms with van der Waals surface area (Å²) in [6.45, 7) is 1.86. The first-order valence-corrected chi connectivity index (χ1v) is 6.77. The van der Waals surface area contributed by atoms with Gasteiger partial charge in [-0.15, -0.1) is 0 Å². The second kappa shape index (κ2) is 7.03. The van der Waals surface area contributed by atoms with Crippen molar-refractivity contribution in [3.63, 3.8) is 0 Å². The van der Waals surface area contributed by atoms with Crippen LogP contribution in [0.2, 0.25) is 0 Å². The highest BCUT2D eigenvalue weighted by Gasteiger charge is 2.26. The Bertz CT molecular complexity index is 409. The predicted octanol–water partition coefficient (Wildman–Crippen LogP) is 4.99. The van der Waals surface area contributed by atoms with Gasteiger partial charge >= 0.3 is 6.18 Å². The molecule has 0 bridgehead atoms. The summed E-state index contributed by atoms with van der Waals surface area (Å²) < 4.78 is 42.1. The highest BCUT2D eigenvalue weighted by molar-refractivity contribution is 9.10. The van der Waals surface area contributed by atoms with Gasteiger partial charge in [-0.2, -0.15) is 13.2 Å². The van der Waals surface area contributed by atoms with E-state index in [-0.39, 0.29) is 12.5 Å². The molecule has 1 N–H and O–H groups in total. The molecule has 1 aromatic carbocycles. The molecular weight excluding hydrogens is 323 g/mol. The predicted molar refractivity (Wildman–Crippen MR) is 73.7 cm³/mol. The lowest BCUT2D eigenvalue weighted by atomic mass is 10.1. The molecule has 0 spiro atoms. The SMILES string of the molecule is COc1cc(Br)cc(NC(C)CCCC(F)(F)F)c1. The Morgan fingerprint density at radius 3 is 2.58 bits per heavy atom. The number of anilines is 1. The molecule has 2 nitrogen and oxygen atoms in total. The number of alkyl halides is 3. The first-order valence-electron chi connectivity index (χ1n) is 5.98. The molecule has 0 amide bonds. The maximum atomic E-state index is 12.0. The second-order valence-corrected chi connectivity index (χ2v) is 5.35. The lowest BCUT2D eigenvalue weighted by molar-refractivity contribution is -0.135. The molecule has 0 radical (unpaired) electrons. The van der Waals surface area contributed by atoms with E-state index in [9.17, 15) is 13.2 Å². The van der Waals surface area contributed by atoms with Gasteiger partial charge in [0, 0.05) is 28.7 Å². The van der Waals surface area contributed by atoms with Crippen LogP contribution in [-0.2, 0) is 0 Å². The maximum Gasteiger partial charge on any atom is 0.389 e. The molecule has 0 saturated carbocycles. The van der Waals surface area contributed by atoms with Crippen LogP contribution in [0, 0.1) is 0 Å². The largest absolute Gasteiger partial charge is 0.497 e. The zero-order valence-corrected chi connectivity index (χ0v) is 12.4. The van der Waals surface area contributed by atoms with E-state index in [0.717, 1.165) is 10.2 Å².